The van der Waals surface area contributed by atoms with Crippen molar-refractivity contribution in [3.8, 4) is 0 Å². The van der Waals surface area contributed by atoms with E-state index < -0.39 is 0 Å². The Hall–Kier alpha value is -1.60. The van der Waals surface area contributed by atoms with Crippen LogP contribution in [0, 0.1) is 19.8 Å². The molecule has 1 N–H and O–H groups in total. The highest BCUT2D eigenvalue weighted by atomic mass is 14.9. The number of fused-ring (bicyclic) bond motifs is 1. The van der Waals surface area contributed by atoms with E-state index in [2.05, 4.69) is 68.6 Å². The van der Waals surface area contributed by atoms with E-state index in [-0.39, 0.29) is 0 Å². The summed E-state index contributed by atoms with van der Waals surface area (Å²) in [5, 5.41) is 3.72. The van der Waals surface area contributed by atoms with Gasteiger partial charge in [0.15, 0.2) is 0 Å². The smallest absolute Gasteiger partial charge is 0.0355 e. The Kier molecular flexibility index (Phi) is 4.12. The molecule has 1 heteroatoms. The van der Waals surface area contributed by atoms with Crippen LogP contribution in [0.4, 0.5) is 0 Å². The molecule has 0 aliphatic heterocycles. The van der Waals surface area contributed by atoms with E-state index in [1.807, 2.05) is 0 Å². The third-order valence-corrected chi connectivity index (χ3v) is 4.87. The minimum atomic E-state index is 0.460. The van der Waals surface area contributed by atoms with Crippen LogP contribution >= 0.6 is 0 Å². The van der Waals surface area contributed by atoms with Gasteiger partial charge in [0.05, 0.1) is 0 Å². The topological polar surface area (TPSA) is 12.0 Å². The molecule has 110 valence electrons. The van der Waals surface area contributed by atoms with Crippen molar-refractivity contribution < 1.29 is 0 Å². The van der Waals surface area contributed by atoms with Crippen molar-refractivity contribution in [2.75, 3.05) is 6.54 Å². The highest BCUT2D eigenvalue weighted by Gasteiger charge is 2.29. The summed E-state index contributed by atoms with van der Waals surface area (Å²) < 4.78 is 0. The van der Waals surface area contributed by atoms with E-state index in [1.165, 1.54) is 40.7 Å². The second kappa shape index (κ2) is 6.03. The quantitative estimate of drug-likeness (QED) is 0.876. The van der Waals surface area contributed by atoms with Crippen LogP contribution in [0.25, 0.3) is 0 Å². The standard InChI is InChI=1S/C20H25N/c1-4-21-20(18-10-9-14(2)15(3)11-18)19-12-16-7-5-6-8-17(16)13-19/h5-11,19-21H,4,12-13H2,1-3H3. The summed E-state index contributed by atoms with van der Waals surface area (Å²) in [6.07, 6.45) is 2.39. The second-order valence-corrected chi connectivity index (χ2v) is 6.32. The highest BCUT2D eigenvalue weighted by molar-refractivity contribution is 5.36. The fourth-order valence-corrected chi connectivity index (χ4v) is 3.56. The number of aryl methyl sites for hydroxylation is 2. The Morgan fingerprint density at radius 3 is 2.24 bits per heavy atom. The Bertz CT molecular complexity index is 604. The zero-order valence-corrected chi connectivity index (χ0v) is 13.3. The van der Waals surface area contributed by atoms with Gasteiger partial charge in [-0.25, -0.2) is 0 Å². The molecule has 2 aromatic carbocycles. The highest BCUT2D eigenvalue weighted by Crippen LogP contribution is 2.35. The van der Waals surface area contributed by atoms with Crippen LogP contribution in [-0.4, -0.2) is 6.54 Å². The van der Waals surface area contributed by atoms with Gasteiger partial charge in [0.2, 0.25) is 0 Å². The maximum Gasteiger partial charge on any atom is 0.0355 e. The van der Waals surface area contributed by atoms with E-state index in [4.69, 9.17) is 0 Å². The molecule has 0 fully saturated rings. The fraction of sp³-hybridized carbons (Fsp3) is 0.400. The zero-order valence-electron chi connectivity index (χ0n) is 13.3. The summed E-state index contributed by atoms with van der Waals surface area (Å²) >= 11 is 0. The molecule has 3 rings (SSSR count). The molecule has 1 atom stereocenters. The van der Waals surface area contributed by atoms with Crippen molar-refractivity contribution in [2.45, 2.75) is 39.7 Å². The van der Waals surface area contributed by atoms with Crippen molar-refractivity contribution in [2.24, 2.45) is 5.92 Å². The van der Waals surface area contributed by atoms with Crippen molar-refractivity contribution in [1.82, 2.24) is 5.32 Å². The predicted octanol–water partition coefficient (Wildman–Crippen LogP) is 4.37. The van der Waals surface area contributed by atoms with Crippen molar-refractivity contribution in [3.63, 3.8) is 0 Å². The molecule has 0 saturated carbocycles. The monoisotopic (exact) mass is 279 g/mol. The predicted molar refractivity (Wildman–Crippen MR) is 89.7 cm³/mol. The molecule has 1 aliphatic rings. The number of hydrogen-bond donors (Lipinski definition) is 1. The number of hydrogen-bond acceptors (Lipinski definition) is 1. The molecule has 0 radical (unpaired) electrons. The van der Waals surface area contributed by atoms with Gasteiger partial charge in [0.1, 0.15) is 0 Å². The van der Waals surface area contributed by atoms with Crippen LogP contribution in [0.1, 0.15) is 40.8 Å². The first-order chi connectivity index (χ1) is 10.2. The first kappa shape index (κ1) is 14.3. The van der Waals surface area contributed by atoms with Gasteiger partial charge in [-0.3, -0.25) is 0 Å². The van der Waals surface area contributed by atoms with Gasteiger partial charge in [0, 0.05) is 6.04 Å². The minimum absolute atomic E-state index is 0.460. The molecule has 0 saturated heterocycles. The Balaban J connectivity index is 1.87. The molecule has 2 aromatic rings. The lowest BCUT2D eigenvalue weighted by molar-refractivity contribution is 0.380. The van der Waals surface area contributed by atoms with Gasteiger partial charge in [0.25, 0.3) is 0 Å². The lowest BCUT2D eigenvalue weighted by Crippen LogP contribution is -2.28. The molecule has 21 heavy (non-hydrogen) atoms. The summed E-state index contributed by atoms with van der Waals surface area (Å²) in [6.45, 7) is 7.62. The summed E-state index contributed by atoms with van der Waals surface area (Å²) in [7, 11) is 0. The third-order valence-electron chi connectivity index (χ3n) is 4.87. The van der Waals surface area contributed by atoms with Crippen molar-refractivity contribution in [1.29, 1.82) is 0 Å². The number of benzene rings is 2. The molecular formula is C20H25N. The fourth-order valence-electron chi connectivity index (χ4n) is 3.56. The maximum atomic E-state index is 3.72. The molecule has 0 spiro atoms. The first-order valence-corrected chi connectivity index (χ1v) is 8.06. The van der Waals surface area contributed by atoms with Crippen LogP contribution in [0.2, 0.25) is 0 Å². The summed E-state index contributed by atoms with van der Waals surface area (Å²) in [4.78, 5) is 0. The molecule has 0 heterocycles. The number of nitrogens with one attached hydrogen (secondary N) is 1. The Morgan fingerprint density at radius 2 is 1.67 bits per heavy atom. The molecule has 0 aromatic heterocycles. The van der Waals surface area contributed by atoms with Gasteiger partial charge >= 0.3 is 0 Å². The van der Waals surface area contributed by atoms with E-state index >= 15 is 0 Å². The van der Waals surface area contributed by atoms with Gasteiger partial charge in [-0.2, -0.15) is 0 Å². The zero-order chi connectivity index (χ0) is 14.8. The summed E-state index contributed by atoms with van der Waals surface area (Å²) in [5.41, 5.74) is 7.29. The van der Waals surface area contributed by atoms with Gasteiger partial charge in [-0.05, 0) is 67.0 Å². The van der Waals surface area contributed by atoms with E-state index in [9.17, 15) is 0 Å². The van der Waals surface area contributed by atoms with Gasteiger partial charge in [-0.15, -0.1) is 0 Å². The second-order valence-electron chi connectivity index (χ2n) is 6.32. The van der Waals surface area contributed by atoms with E-state index in [0.717, 1.165) is 6.54 Å². The molecule has 1 aliphatic carbocycles. The molecule has 1 unspecified atom stereocenters. The Morgan fingerprint density at radius 1 is 1.00 bits per heavy atom. The lowest BCUT2D eigenvalue weighted by atomic mass is 9.89. The first-order valence-electron chi connectivity index (χ1n) is 8.06. The average Bonchev–Trinajstić information content (AvgIpc) is 2.91. The molecular weight excluding hydrogens is 254 g/mol. The maximum absolute atomic E-state index is 3.72. The van der Waals surface area contributed by atoms with Crippen molar-refractivity contribution in [3.05, 3.63) is 70.3 Å². The summed E-state index contributed by atoms with van der Waals surface area (Å²) in [5.74, 6) is 0.671. The van der Waals surface area contributed by atoms with Gasteiger partial charge < -0.3 is 5.32 Å². The van der Waals surface area contributed by atoms with Crippen LogP contribution in [0.3, 0.4) is 0 Å². The van der Waals surface area contributed by atoms with Crippen LogP contribution in [0.15, 0.2) is 42.5 Å². The Labute approximate surface area is 128 Å². The minimum Gasteiger partial charge on any atom is -0.310 e. The average molecular weight is 279 g/mol. The molecule has 1 nitrogen and oxygen atoms in total. The largest absolute Gasteiger partial charge is 0.310 e. The third kappa shape index (κ3) is 2.89. The number of rotatable bonds is 4. The molecule has 0 bridgehead atoms. The van der Waals surface area contributed by atoms with Gasteiger partial charge in [-0.1, -0.05) is 49.4 Å². The van der Waals surface area contributed by atoms with E-state index in [1.54, 1.807) is 0 Å². The van der Waals surface area contributed by atoms with Crippen LogP contribution in [0.5, 0.6) is 0 Å². The molecule has 0 amide bonds. The van der Waals surface area contributed by atoms with Crippen LogP contribution < -0.4 is 5.32 Å². The normalized spacial score (nSPS) is 16.0. The SMILES string of the molecule is CCNC(c1ccc(C)c(C)c1)C1Cc2ccccc2C1. The summed E-state index contributed by atoms with van der Waals surface area (Å²) in [6, 6.07) is 16.3. The van der Waals surface area contributed by atoms with Crippen molar-refractivity contribution >= 4 is 0 Å². The van der Waals surface area contributed by atoms with E-state index in [0.29, 0.717) is 12.0 Å². The van der Waals surface area contributed by atoms with Crippen LogP contribution in [-0.2, 0) is 12.8 Å². The lowest BCUT2D eigenvalue weighted by Gasteiger charge is -2.25.